The van der Waals surface area contributed by atoms with Crippen LogP contribution in [0.2, 0.25) is 0 Å². The van der Waals surface area contributed by atoms with E-state index in [0.717, 1.165) is 48.4 Å². The highest BCUT2D eigenvalue weighted by molar-refractivity contribution is 5.87. The van der Waals surface area contributed by atoms with E-state index < -0.39 is 24.5 Å². The van der Waals surface area contributed by atoms with Crippen LogP contribution in [0.3, 0.4) is 0 Å². The lowest BCUT2D eigenvalue weighted by Crippen LogP contribution is -2.54. The largest absolute Gasteiger partial charge is 0.463 e. The molecule has 5 atom stereocenters. The molecule has 2 aromatic carbocycles. The Morgan fingerprint density at radius 1 is 0.953 bits per heavy atom. The number of nitrogens with two attached hydrogens (primary N) is 3. The maximum absolute atomic E-state index is 11.9. The number of carbonyl (C=O) groups excluding carboxylic acids is 2. The molecule has 3 unspecified atom stereocenters. The van der Waals surface area contributed by atoms with Crippen LogP contribution in [0.4, 0.5) is 0 Å². The number of nitrogens with zero attached hydrogens (tertiary/aromatic N) is 1. The van der Waals surface area contributed by atoms with Gasteiger partial charge < -0.3 is 40.5 Å². The lowest BCUT2D eigenvalue weighted by molar-refractivity contribution is -0.253. The van der Waals surface area contributed by atoms with E-state index in [2.05, 4.69) is 5.73 Å². The zero-order valence-electron chi connectivity index (χ0n) is 26.2. The van der Waals surface area contributed by atoms with Crippen LogP contribution in [0.25, 0.3) is 16.5 Å². The summed E-state index contributed by atoms with van der Waals surface area (Å²) in [6.45, 7) is 7.69. The molecule has 0 saturated carbocycles. The van der Waals surface area contributed by atoms with Crippen LogP contribution in [0.15, 0.2) is 42.6 Å². The van der Waals surface area contributed by atoms with E-state index in [4.69, 9.17) is 35.6 Å². The van der Waals surface area contributed by atoms with Gasteiger partial charge in [-0.3, -0.25) is 9.59 Å². The van der Waals surface area contributed by atoms with E-state index in [0.29, 0.717) is 18.0 Å². The van der Waals surface area contributed by atoms with Gasteiger partial charge in [-0.25, -0.2) is 5.84 Å². The second-order valence-corrected chi connectivity index (χ2v) is 10.8. The van der Waals surface area contributed by atoms with Gasteiger partial charge in [-0.15, -0.1) is 0 Å². The average molecular weight is 603 g/mol. The maximum Gasteiger partial charge on any atom is 0.303 e. The van der Waals surface area contributed by atoms with Gasteiger partial charge in [0.2, 0.25) is 6.29 Å². The van der Waals surface area contributed by atoms with Crippen LogP contribution in [-0.2, 0) is 23.8 Å². The van der Waals surface area contributed by atoms with Crippen molar-refractivity contribution in [1.29, 1.82) is 0 Å². The van der Waals surface area contributed by atoms with E-state index in [1.165, 1.54) is 20.9 Å². The third kappa shape index (κ3) is 11.3. The second kappa shape index (κ2) is 18.3. The predicted octanol–water partition coefficient (Wildman–Crippen LogP) is 3.66. The molecule has 240 valence electrons. The summed E-state index contributed by atoms with van der Waals surface area (Å²) in [7, 11) is 1.50. The molecule has 1 heterocycles. The fourth-order valence-electron chi connectivity index (χ4n) is 4.96. The normalized spacial score (nSPS) is 21.9. The minimum absolute atomic E-state index is 0.0339. The van der Waals surface area contributed by atoms with Crippen molar-refractivity contribution in [2.24, 2.45) is 29.1 Å². The maximum atomic E-state index is 11.9. The molecule has 3 rings (SSSR count). The Bertz CT molecular complexity index is 1190. The topological polar surface area (TPSA) is 173 Å². The van der Waals surface area contributed by atoms with Crippen molar-refractivity contribution >= 4 is 28.4 Å². The number of aliphatic hydroxyl groups excluding tert-OH is 1. The highest BCUT2D eigenvalue weighted by Gasteiger charge is 2.45. The fourth-order valence-corrected chi connectivity index (χ4v) is 4.96. The molecule has 2 aromatic rings. The predicted molar refractivity (Wildman–Crippen MR) is 167 cm³/mol. The van der Waals surface area contributed by atoms with E-state index >= 15 is 0 Å². The Labute approximate surface area is 255 Å². The van der Waals surface area contributed by atoms with E-state index in [9.17, 15) is 9.59 Å². The van der Waals surface area contributed by atoms with Crippen molar-refractivity contribution in [2.75, 3.05) is 26.8 Å². The van der Waals surface area contributed by atoms with Gasteiger partial charge in [0, 0.05) is 39.1 Å². The van der Waals surface area contributed by atoms with Gasteiger partial charge in [0.1, 0.15) is 12.4 Å². The molecule has 0 amide bonds. The van der Waals surface area contributed by atoms with Crippen molar-refractivity contribution in [1.82, 2.24) is 5.01 Å². The molecule has 11 heteroatoms. The summed E-state index contributed by atoms with van der Waals surface area (Å²) in [5.41, 5.74) is 12.3. The molecule has 1 aliphatic heterocycles. The summed E-state index contributed by atoms with van der Waals surface area (Å²) >= 11 is 0. The summed E-state index contributed by atoms with van der Waals surface area (Å²) in [6, 6.07) is 11.5. The number of ether oxygens (including phenoxy) is 4. The van der Waals surface area contributed by atoms with Crippen LogP contribution in [-0.4, -0.2) is 67.4 Å². The minimum atomic E-state index is -0.869. The zero-order valence-corrected chi connectivity index (χ0v) is 26.2. The first-order chi connectivity index (χ1) is 20.6. The average Bonchev–Trinajstić information content (AvgIpc) is 2.98. The summed E-state index contributed by atoms with van der Waals surface area (Å²) in [6.07, 6.45) is 4.80. The van der Waals surface area contributed by atoms with Crippen molar-refractivity contribution in [3.63, 3.8) is 0 Å². The van der Waals surface area contributed by atoms with Crippen LogP contribution >= 0.6 is 0 Å². The minimum Gasteiger partial charge on any atom is -0.463 e. The van der Waals surface area contributed by atoms with Crippen molar-refractivity contribution in [3.05, 3.63) is 48.2 Å². The van der Waals surface area contributed by atoms with E-state index in [-0.39, 0.29) is 31.0 Å². The Morgan fingerprint density at radius 2 is 1.60 bits per heavy atom. The van der Waals surface area contributed by atoms with Crippen LogP contribution in [0.5, 0.6) is 5.75 Å². The molecule has 0 spiro atoms. The van der Waals surface area contributed by atoms with Crippen molar-refractivity contribution < 1.29 is 33.6 Å². The van der Waals surface area contributed by atoms with Crippen molar-refractivity contribution in [3.8, 4) is 5.75 Å². The number of unbranched alkanes of at least 4 members (excludes halogenated alkanes) is 4. The standard InChI is InChI=1S/C31H45N3O7.CH5N/c1-20-21(2)30(39-23(4)37)31(41-29(20)19-38-22(3)36)40-27-13-12-24-16-26(11-10-25(24)17-27)28(32)18-34(33)14-8-6-5-7-9-15-35;1-2/h10-13,16-18,20-21,29-31,35H,5-9,14-15,19,32-33H2,1-4H3;2H2,1H3/b28-18-;/t20-,21?,29?,30?,31-;/m0./s1. The molecule has 1 fully saturated rings. The van der Waals surface area contributed by atoms with E-state index in [1.807, 2.05) is 50.2 Å². The molecule has 0 bridgehead atoms. The van der Waals surface area contributed by atoms with E-state index in [1.54, 1.807) is 11.2 Å². The lowest BCUT2D eigenvalue weighted by Gasteiger charge is -2.43. The van der Waals surface area contributed by atoms with Gasteiger partial charge >= 0.3 is 11.9 Å². The lowest BCUT2D eigenvalue weighted by atomic mass is 9.83. The van der Waals surface area contributed by atoms with Gasteiger partial charge in [0.05, 0.1) is 11.8 Å². The SMILES string of the molecule is CC(=O)OCC1O[C@H](Oc2ccc3cc(/C(N)=C/N(N)CCCCCCCO)ccc3c2)C(OC(C)=O)C(C)[C@@H]1C.CN. The summed E-state index contributed by atoms with van der Waals surface area (Å²) in [5.74, 6) is 5.75. The van der Waals surface area contributed by atoms with Crippen LogP contribution in [0.1, 0.15) is 65.4 Å². The number of aliphatic hydroxyl groups is 1. The smallest absolute Gasteiger partial charge is 0.303 e. The Kier molecular flexibility index (Phi) is 15.3. The monoisotopic (exact) mass is 602 g/mol. The van der Waals surface area contributed by atoms with Crippen molar-refractivity contribution in [2.45, 2.75) is 78.3 Å². The number of hydrogen-bond acceptors (Lipinski definition) is 11. The third-order valence-corrected chi connectivity index (χ3v) is 7.54. The Morgan fingerprint density at radius 3 is 2.28 bits per heavy atom. The number of carbonyl (C=O) groups is 2. The van der Waals surface area contributed by atoms with Gasteiger partial charge in [-0.05, 0) is 60.3 Å². The second-order valence-electron chi connectivity index (χ2n) is 10.8. The van der Waals surface area contributed by atoms with Crippen LogP contribution in [0, 0.1) is 11.8 Å². The summed E-state index contributed by atoms with van der Waals surface area (Å²) in [4.78, 5) is 23.2. The molecule has 0 aliphatic carbocycles. The molecule has 1 saturated heterocycles. The van der Waals surface area contributed by atoms with Gasteiger partial charge in [0.15, 0.2) is 6.10 Å². The molecule has 11 nitrogen and oxygen atoms in total. The highest BCUT2D eigenvalue weighted by Crippen LogP contribution is 2.35. The first-order valence-electron chi connectivity index (χ1n) is 14.9. The quantitative estimate of drug-likeness (QED) is 0.108. The number of fused-ring (bicyclic) bond motifs is 1. The first-order valence-corrected chi connectivity index (χ1v) is 14.9. The fraction of sp³-hybridized carbons (Fsp3) is 0.562. The Balaban J connectivity index is 0.00000316. The molecular weight excluding hydrogens is 552 g/mol. The molecule has 7 N–H and O–H groups in total. The number of rotatable bonds is 14. The van der Waals surface area contributed by atoms with Gasteiger partial charge in [-0.2, -0.15) is 0 Å². The first kappa shape index (κ1) is 35.8. The molecule has 43 heavy (non-hydrogen) atoms. The summed E-state index contributed by atoms with van der Waals surface area (Å²) < 4.78 is 23.2. The number of hydrazine groups is 1. The number of benzene rings is 2. The highest BCUT2D eigenvalue weighted by atomic mass is 16.7. The number of hydrogen-bond donors (Lipinski definition) is 4. The number of esters is 2. The van der Waals surface area contributed by atoms with Crippen LogP contribution < -0.4 is 22.0 Å². The molecule has 1 aliphatic rings. The van der Waals surface area contributed by atoms with Gasteiger partial charge in [-0.1, -0.05) is 51.3 Å². The molecular formula is C32H50N4O7. The Hall–Kier alpha value is -3.38. The zero-order chi connectivity index (χ0) is 31.9. The van der Waals surface area contributed by atoms with Gasteiger partial charge in [0.25, 0.3) is 0 Å². The summed E-state index contributed by atoms with van der Waals surface area (Å²) in [5, 5.41) is 12.4. The molecule has 0 aromatic heterocycles. The molecule has 0 radical (unpaired) electrons. The third-order valence-electron chi connectivity index (χ3n) is 7.54.